The summed E-state index contributed by atoms with van der Waals surface area (Å²) in [4.78, 5) is 21.6. The van der Waals surface area contributed by atoms with Crippen LogP contribution in [0.25, 0.3) is 0 Å². The zero-order chi connectivity index (χ0) is 31.3. The van der Waals surface area contributed by atoms with Gasteiger partial charge in [0, 0.05) is 55.9 Å². The lowest BCUT2D eigenvalue weighted by Gasteiger charge is -2.47. The van der Waals surface area contributed by atoms with Crippen molar-refractivity contribution < 1.29 is 26.4 Å². The number of nitrogens with one attached hydrogen (secondary N) is 1. The number of hydrogen-bond acceptors (Lipinski definition) is 5. The molecule has 2 saturated heterocycles. The molecule has 7 nitrogen and oxygen atoms in total. The Morgan fingerprint density at radius 1 is 0.932 bits per heavy atom. The van der Waals surface area contributed by atoms with Crippen LogP contribution in [0.3, 0.4) is 0 Å². The van der Waals surface area contributed by atoms with Crippen LogP contribution in [-0.2, 0) is 21.6 Å². The Bertz CT molecular complexity index is 1640. The third-order valence-corrected chi connectivity index (χ3v) is 11.3. The number of pyridine rings is 1. The Kier molecular flexibility index (Phi) is 7.76. The number of fused-ring (bicyclic) bond motifs is 1. The average molecular weight is 627 g/mol. The second-order valence-corrected chi connectivity index (χ2v) is 14.8. The molecule has 3 aromatic rings. The molecule has 234 valence electrons. The number of hydrogen-bond donors (Lipinski definition) is 1. The Morgan fingerprint density at radius 3 is 2.25 bits per heavy atom. The van der Waals surface area contributed by atoms with Crippen molar-refractivity contribution in [3.63, 3.8) is 0 Å². The van der Waals surface area contributed by atoms with E-state index in [1.54, 1.807) is 6.07 Å². The first-order chi connectivity index (χ1) is 20.8. The van der Waals surface area contributed by atoms with Crippen LogP contribution < -0.4 is 9.62 Å². The molecule has 2 aliphatic heterocycles. The van der Waals surface area contributed by atoms with Crippen LogP contribution >= 0.6 is 0 Å². The molecule has 0 bridgehead atoms. The first-order valence-electron chi connectivity index (χ1n) is 15.0. The van der Waals surface area contributed by atoms with Gasteiger partial charge in [-0.2, -0.15) is 13.2 Å². The van der Waals surface area contributed by atoms with E-state index in [0.29, 0.717) is 36.7 Å². The lowest BCUT2D eigenvalue weighted by molar-refractivity contribution is -0.137. The highest BCUT2D eigenvalue weighted by atomic mass is 32.2. The molecule has 2 fully saturated rings. The standard InChI is InChI=1S/C33H37F3N4O3S/c1-31(2)22-29(38-44(42,43)26-5-3-4-24(21-26)33(34,35)36)27-20-23(6-7-28(27)31)30(41)40-18-12-32(13-19-40)10-16-39(17-11-32)25-8-14-37-15-9-25/h3-9,14-15,20-21,29,38H,10-13,16-19,22H2,1-2H3. The number of aromatic nitrogens is 1. The van der Waals surface area contributed by atoms with Gasteiger partial charge in [0.25, 0.3) is 5.91 Å². The van der Waals surface area contributed by atoms with E-state index < -0.39 is 32.7 Å². The highest BCUT2D eigenvalue weighted by Gasteiger charge is 2.41. The van der Waals surface area contributed by atoms with Gasteiger partial charge >= 0.3 is 6.18 Å². The summed E-state index contributed by atoms with van der Waals surface area (Å²) in [5.41, 5.74) is 2.11. The van der Waals surface area contributed by atoms with Gasteiger partial charge in [0.15, 0.2) is 0 Å². The molecule has 6 rings (SSSR count). The van der Waals surface area contributed by atoms with E-state index >= 15 is 0 Å². The maximum absolute atomic E-state index is 13.7. The summed E-state index contributed by atoms with van der Waals surface area (Å²) >= 11 is 0. The smallest absolute Gasteiger partial charge is 0.371 e. The minimum atomic E-state index is -4.66. The highest BCUT2D eigenvalue weighted by molar-refractivity contribution is 7.89. The zero-order valence-corrected chi connectivity index (χ0v) is 25.7. The van der Waals surface area contributed by atoms with Crippen molar-refractivity contribution in [2.24, 2.45) is 5.41 Å². The van der Waals surface area contributed by atoms with Crippen molar-refractivity contribution in [3.05, 3.63) is 89.2 Å². The molecule has 0 radical (unpaired) electrons. The molecule has 1 aromatic heterocycles. The second-order valence-electron chi connectivity index (χ2n) is 13.1. The van der Waals surface area contributed by atoms with Crippen molar-refractivity contribution in [3.8, 4) is 0 Å². The molecule has 3 heterocycles. The summed E-state index contributed by atoms with van der Waals surface area (Å²) in [6.07, 6.45) is 3.45. The minimum Gasteiger partial charge on any atom is -0.371 e. The van der Waals surface area contributed by atoms with Crippen molar-refractivity contribution in [1.82, 2.24) is 14.6 Å². The Morgan fingerprint density at radius 2 is 1.59 bits per heavy atom. The number of benzene rings is 2. The van der Waals surface area contributed by atoms with E-state index in [1.807, 2.05) is 55.4 Å². The predicted octanol–water partition coefficient (Wildman–Crippen LogP) is 6.32. The van der Waals surface area contributed by atoms with Crippen molar-refractivity contribution in [1.29, 1.82) is 0 Å². The summed E-state index contributed by atoms with van der Waals surface area (Å²) in [5.74, 6) is -0.0823. The van der Waals surface area contributed by atoms with Gasteiger partial charge in [-0.25, -0.2) is 13.1 Å². The first kappa shape index (κ1) is 30.6. The summed E-state index contributed by atoms with van der Waals surface area (Å²) in [6.45, 7) is 7.29. The molecular weight excluding hydrogens is 589 g/mol. The van der Waals surface area contributed by atoms with E-state index in [1.165, 1.54) is 5.69 Å². The van der Waals surface area contributed by atoms with Gasteiger partial charge in [0.05, 0.1) is 10.5 Å². The third-order valence-electron chi connectivity index (χ3n) is 9.85. The molecule has 2 aromatic carbocycles. The molecule has 1 amide bonds. The fourth-order valence-electron chi connectivity index (χ4n) is 7.19. The van der Waals surface area contributed by atoms with Gasteiger partial charge in [0.2, 0.25) is 10.0 Å². The number of amides is 1. The molecule has 0 saturated carbocycles. The molecular formula is C33H37F3N4O3S. The van der Waals surface area contributed by atoms with Crippen molar-refractivity contribution in [2.75, 3.05) is 31.1 Å². The number of sulfonamides is 1. The van der Waals surface area contributed by atoms with Crippen LogP contribution in [0.4, 0.5) is 18.9 Å². The van der Waals surface area contributed by atoms with Crippen molar-refractivity contribution >= 4 is 21.6 Å². The van der Waals surface area contributed by atoms with Gasteiger partial charge in [-0.05, 0) is 96.5 Å². The van der Waals surface area contributed by atoms with Gasteiger partial charge in [0.1, 0.15) is 0 Å². The summed E-state index contributed by atoms with van der Waals surface area (Å²) in [5, 5.41) is 0. The maximum Gasteiger partial charge on any atom is 0.416 e. The predicted molar refractivity (Wildman–Crippen MR) is 162 cm³/mol. The number of anilines is 1. The van der Waals surface area contributed by atoms with E-state index in [9.17, 15) is 26.4 Å². The number of carbonyl (C=O) groups excluding carboxylic acids is 1. The Balaban J connectivity index is 1.15. The number of nitrogens with zero attached hydrogens (tertiary/aromatic N) is 3. The van der Waals surface area contributed by atoms with Crippen molar-refractivity contribution in [2.45, 2.75) is 68.5 Å². The summed E-state index contributed by atoms with van der Waals surface area (Å²) in [7, 11) is -4.26. The topological polar surface area (TPSA) is 82.6 Å². The average Bonchev–Trinajstić information content (AvgIpc) is 3.25. The molecule has 1 aliphatic carbocycles. The summed E-state index contributed by atoms with van der Waals surface area (Å²) < 4.78 is 68.9. The summed E-state index contributed by atoms with van der Waals surface area (Å²) in [6, 6.07) is 12.6. The molecule has 1 atom stereocenters. The largest absolute Gasteiger partial charge is 0.416 e. The van der Waals surface area contributed by atoms with Crippen LogP contribution in [0.5, 0.6) is 0 Å². The Hall–Kier alpha value is -3.44. The normalized spacial score (nSPS) is 21.3. The van der Waals surface area contributed by atoms with Crippen LogP contribution in [-0.4, -0.2) is 50.4 Å². The molecule has 44 heavy (non-hydrogen) atoms. The minimum absolute atomic E-state index is 0.0823. The molecule has 1 unspecified atom stereocenters. The number of alkyl halides is 3. The molecule has 1 N–H and O–H groups in total. The van der Waals surface area contributed by atoms with Gasteiger partial charge < -0.3 is 9.80 Å². The highest BCUT2D eigenvalue weighted by Crippen LogP contribution is 2.46. The SMILES string of the molecule is CC1(C)CC(NS(=O)(=O)c2cccc(C(F)(F)F)c2)c2cc(C(=O)N3CCC4(CC3)CCN(c3ccncc3)CC4)ccc21. The zero-order valence-electron chi connectivity index (χ0n) is 24.9. The lowest BCUT2D eigenvalue weighted by atomic mass is 9.71. The first-order valence-corrected chi connectivity index (χ1v) is 16.5. The third kappa shape index (κ3) is 5.96. The quantitative estimate of drug-likeness (QED) is 0.358. The van der Waals surface area contributed by atoms with E-state index in [4.69, 9.17) is 0 Å². The molecule has 11 heteroatoms. The van der Waals surface area contributed by atoms with Gasteiger partial charge in [-0.15, -0.1) is 0 Å². The van der Waals surface area contributed by atoms with Crippen LogP contribution in [0, 0.1) is 5.41 Å². The number of halogens is 3. The van der Waals surface area contributed by atoms with Gasteiger partial charge in [-0.3, -0.25) is 9.78 Å². The monoisotopic (exact) mass is 626 g/mol. The molecule has 3 aliphatic rings. The maximum atomic E-state index is 13.7. The number of rotatable bonds is 5. The van der Waals surface area contributed by atoms with E-state index in [2.05, 4.69) is 14.6 Å². The number of piperidine rings is 2. The second kappa shape index (κ2) is 11.2. The number of likely N-dealkylation sites (tertiary alicyclic amines) is 1. The van der Waals surface area contributed by atoms with Crippen LogP contribution in [0.2, 0.25) is 0 Å². The Labute approximate surface area is 256 Å². The van der Waals surface area contributed by atoms with E-state index in [-0.39, 0.29) is 16.7 Å². The lowest BCUT2D eigenvalue weighted by Crippen LogP contribution is -2.48. The molecule has 1 spiro atoms. The van der Waals surface area contributed by atoms with E-state index in [0.717, 1.165) is 62.5 Å². The van der Waals surface area contributed by atoms with Crippen LogP contribution in [0.15, 0.2) is 71.9 Å². The van der Waals surface area contributed by atoms with Crippen LogP contribution in [0.1, 0.15) is 79.0 Å². The van der Waals surface area contributed by atoms with Gasteiger partial charge in [-0.1, -0.05) is 26.0 Å². The fourth-order valence-corrected chi connectivity index (χ4v) is 8.45. The fraction of sp³-hybridized carbons (Fsp3) is 0.455. The number of carbonyl (C=O) groups is 1.